The van der Waals surface area contributed by atoms with Gasteiger partial charge in [0, 0.05) is 18.0 Å². The molecule has 0 unspecified atom stereocenters. The number of benzene rings is 1. The van der Waals surface area contributed by atoms with E-state index in [1.165, 1.54) is 13.0 Å². The standard InChI is InChI=1S/C15H16N2O5/c1-8(18)17-15(2,3)14(21)16-10-4-5-11-9(6-10)7-12(22-11)13(19)20/h4-7H,1-3H3,(H,16,21)(H,17,18)(H,19,20). The average molecular weight is 304 g/mol. The molecule has 2 amide bonds. The van der Waals surface area contributed by atoms with Gasteiger partial charge in [0.05, 0.1) is 0 Å². The van der Waals surface area contributed by atoms with Crippen molar-refractivity contribution in [3.8, 4) is 0 Å². The number of carboxylic acids is 1. The molecule has 0 spiro atoms. The highest BCUT2D eigenvalue weighted by atomic mass is 16.4. The molecule has 2 aromatic rings. The predicted octanol–water partition coefficient (Wildman–Crippen LogP) is 1.98. The Hall–Kier alpha value is -2.83. The van der Waals surface area contributed by atoms with Crippen molar-refractivity contribution < 1.29 is 23.9 Å². The van der Waals surface area contributed by atoms with Gasteiger partial charge in [-0.1, -0.05) is 0 Å². The lowest BCUT2D eigenvalue weighted by atomic mass is 10.0. The van der Waals surface area contributed by atoms with E-state index < -0.39 is 11.5 Å². The number of amides is 2. The molecule has 0 aliphatic rings. The van der Waals surface area contributed by atoms with Gasteiger partial charge in [-0.05, 0) is 38.1 Å². The van der Waals surface area contributed by atoms with Crippen molar-refractivity contribution in [3.63, 3.8) is 0 Å². The quantitative estimate of drug-likeness (QED) is 0.800. The molecule has 0 radical (unpaired) electrons. The van der Waals surface area contributed by atoms with E-state index in [0.29, 0.717) is 16.7 Å². The highest BCUT2D eigenvalue weighted by Crippen LogP contribution is 2.23. The van der Waals surface area contributed by atoms with Gasteiger partial charge < -0.3 is 20.2 Å². The number of carbonyl (C=O) groups is 3. The molecule has 0 aliphatic carbocycles. The molecule has 7 nitrogen and oxygen atoms in total. The largest absolute Gasteiger partial charge is 0.475 e. The van der Waals surface area contributed by atoms with Crippen molar-refractivity contribution in [3.05, 3.63) is 30.0 Å². The molecule has 3 N–H and O–H groups in total. The third-order valence-electron chi connectivity index (χ3n) is 3.04. The van der Waals surface area contributed by atoms with Crippen molar-refractivity contribution in [1.29, 1.82) is 0 Å². The van der Waals surface area contributed by atoms with Crippen LogP contribution in [0.5, 0.6) is 0 Å². The van der Waals surface area contributed by atoms with Crippen LogP contribution < -0.4 is 10.6 Å². The molecule has 0 saturated carbocycles. The number of carbonyl (C=O) groups excluding carboxylic acids is 2. The Kier molecular flexibility index (Phi) is 3.90. The van der Waals surface area contributed by atoms with E-state index >= 15 is 0 Å². The first-order chi connectivity index (χ1) is 10.2. The summed E-state index contributed by atoms with van der Waals surface area (Å²) in [6, 6.07) is 6.15. The van der Waals surface area contributed by atoms with Crippen LogP contribution in [-0.4, -0.2) is 28.4 Å². The number of fused-ring (bicyclic) bond motifs is 1. The fourth-order valence-electron chi connectivity index (χ4n) is 2.01. The lowest BCUT2D eigenvalue weighted by molar-refractivity contribution is -0.128. The Morgan fingerprint density at radius 1 is 1.18 bits per heavy atom. The Bertz CT molecular complexity index is 760. The van der Waals surface area contributed by atoms with Crippen LogP contribution in [0.1, 0.15) is 31.3 Å². The molecule has 1 aromatic carbocycles. The monoisotopic (exact) mass is 304 g/mol. The van der Waals surface area contributed by atoms with Crippen LogP contribution >= 0.6 is 0 Å². The molecule has 7 heteroatoms. The Balaban J connectivity index is 2.22. The summed E-state index contributed by atoms with van der Waals surface area (Å²) in [5.41, 5.74) is -0.172. The van der Waals surface area contributed by atoms with Crippen LogP contribution in [0.15, 0.2) is 28.7 Å². The maximum atomic E-state index is 12.2. The summed E-state index contributed by atoms with van der Waals surface area (Å²) >= 11 is 0. The number of nitrogens with one attached hydrogen (secondary N) is 2. The van der Waals surface area contributed by atoms with Crippen molar-refractivity contribution in [2.75, 3.05) is 5.32 Å². The van der Waals surface area contributed by atoms with E-state index in [2.05, 4.69) is 10.6 Å². The molecular formula is C15H16N2O5. The van der Waals surface area contributed by atoms with E-state index in [4.69, 9.17) is 9.52 Å². The second-order valence-electron chi connectivity index (χ2n) is 5.43. The van der Waals surface area contributed by atoms with Gasteiger partial charge in [-0.25, -0.2) is 4.79 Å². The van der Waals surface area contributed by atoms with Crippen LogP contribution in [0.4, 0.5) is 5.69 Å². The topological polar surface area (TPSA) is 109 Å². The number of hydrogen-bond acceptors (Lipinski definition) is 4. The summed E-state index contributed by atoms with van der Waals surface area (Å²) in [5.74, 6) is -2.02. The van der Waals surface area contributed by atoms with Crippen LogP contribution in [-0.2, 0) is 9.59 Å². The predicted molar refractivity (Wildman–Crippen MR) is 79.7 cm³/mol. The lowest BCUT2D eigenvalue weighted by Crippen LogP contribution is -2.51. The van der Waals surface area contributed by atoms with Gasteiger partial charge in [0.1, 0.15) is 11.1 Å². The summed E-state index contributed by atoms with van der Waals surface area (Å²) in [4.78, 5) is 34.1. The maximum Gasteiger partial charge on any atom is 0.371 e. The third kappa shape index (κ3) is 3.25. The third-order valence-corrected chi connectivity index (χ3v) is 3.04. The van der Waals surface area contributed by atoms with E-state index in [1.54, 1.807) is 32.0 Å². The fourth-order valence-corrected chi connectivity index (χ4v) is 2.01. The summed E-state index contributed by atoms with van der Waals surface area (Å²) in [6.07, 6.45) is 0. The zero-order valence-corrected chi connectivity index (χ0v) is 12.4. The molecule has 116 valence electrons. The number of aromatic carboxylic acids is 1. The van der Waals surface area contributed by atoms with Crippen LogP contribution in [0.3, 0.4) is 0 Å². The smallest absolute Gasteiger partial charge is 0.371 e. The van der Waals surface area contributed by atoms with E-state index in [-0.39, 0.29) is 17.6 Å². The molecule has 0 atom stereocenters. The minimum absolute atomic E-state index is 0.169. The molecule has 2 rings (SSSR count). The average Bonchev–Trinajstić information content (AvgIpc) is 2.80. The van der Waals surface area contributed by atoms with Gasteiger partial charge >= 0.3 is 5.97 Å². The first-order valence-electron chi connectivity index (χ1n) is 6.56. The van der Waals surface area contributed by atoms with E-state index in [0.717, 1.165) is 0 Å². The Morgan fingerprint density at radius 3 is 2.45 bits per heavy atom. The molecule has 22 heavy (non-hydrogen) atoms. The number of anilines is 1. The first kappa shape index (κ1) is 15.6. The minimum Gasteiger partial charge on any atom is -0.475 e. The molecule has 1 heterocycles. The second-order valence-corrected chi connectivity index (χ2v) is 5.43. The van der Waals surface area contributed by atoms with Gasteiger partial charge in [-0.2, -0.15) is 0 Å². The van der Waals surface area contributed by atoms with Crippen molar-refractivity contribution in [2.24, 2.45) is 0 Å². The fraction of sp³-hybridized carbons (Fsp3) is 0.267. The first-order valence-corrected chi connectivity index (χ1v) is 6.56. The molecule has 0 aliphatic heterocycles. The Morgan fingerprint density at radius 2 is 1.86 bits per heavy atom. The van der Waals surface area contributed by atoms with Crippen LogP contribution in [0.2, 0.25) is 0 Å². The molecule has 0 bridgehead atoms. The zero-order valence-electron chi connectivity index (χ0n) is 12.4. The molecular weight excluding hydrogens is 288 g/mol. The minimum atomic E-state index is -1.16. The highest BCUT2D eigenvalue weighted by Gasteiger charge is 2.28. The van der Waals surface area contributed by atoms with Crippen LogP contribution in [0, 0.1) is 0 Å². The van der Waals surface area contributed by atoms with Crippen molar-refractivity contribution in [2.45, 2.75) is 26.3 Å². The van der Waals surface area contributed by atoms with Gasteiger partial charge in [-0.3, -0.25) is 9.59 Å². The van der Waals surface area contributed by atoms with E-state index in [9.17, 15) is 14.4 Å². The molecule has 1 aromatic heterocycles. The van der Waals surface area contributed by atoms with Gasteiger partial charge in [0.25, 0.3) is 0 Å². The van der Waals surface area contributed by atoms with Crippen molar-refractivity contribution >= 4 is 34.4 Å². The van der Waals surface area contributed by atoms with Crippen molar-refractivity contribution in [1.82, 2.24) is 5.32 Å². The number of rotatable bonds is 4. The van der Waals surface area contributed by atoms with Gasteiger partial charge in [0.15, 0.2) is 0 Å². The Labute approximate surface area is 126 Å². The summed E-state index contributed by atoms with van der Waals surface area (Å²) in [7, 11) is 0. The number of hydrogen-bond donors (Lipinski definition) is 3. The van der Waals surface area contributed by atoms with Crippen LogP contribution in [0.25, 0.3) is 11.0 Å². The maximum absolute atomic E-state index is 12.2. The number of carboxylic acid groups (broad SMARTS) is 1. The van der Waals surface area contributed by atoms with Gasteiger partial charge in [0.2, 0.25) is 17.6 Å². The number of furan rings is 1. The summed E-state index contributed by atoms with van der Waals surface area (Å²) in [6.45, 7) is 4.51. The normalized spacial score (nSPS) is 11.2. The zero-order chi connectivity index (χ0) is 16.5. The van der Waals surface area contributed by atoms with Gasteiger partial charge in [-0.15, -0.1) is 0 Å². The molecule has 0 saturated heterocycles. The SMILES string of the molecule is CC(=O)NC(C)(C)C(=O)Nc1ccc2oc(C(=O)O)cc2c1. The lowest BCUT2D eigenvalue weighted by Gasteiger charge is -2.24. The van der Waals surface area contributed by atoms with E-state index in [1.807, 2.05) is 0 Å². The summed E-state index contributed by atoms with van der Waals surface area (Å²) in [5, 5.41) is 14.7. The second kappa shape index (κ2) is 5.51. The summed E-state index contributed by atoms with van der Waals surface area (Å²) < 4.78 is 5.14. The molecule has 0 fully saturated rings. The highest BCUT2D eigenvalue weighted by molar-refractivity contribution is 6.01.